The number of furan rings is 1. The van der Waals surface area contributed by atoms with Crippen molar-refractivity contribution in [3.05, 3.63) is 47.8 Å². The van der Waals surface area contributed by atoms with E-state index < -0.39 is 11.9 Å². The molecule has 2 aliphatic carbocycles. The molecule has 3 aliphatic rings. The van der Waals surface area contributed by atoms with Crippen LogP contribution in [-0.4, -0.2) is 59.7 Å². The molecule has 158 valence electrons. The third kappa shape index (κ3) is 3.46. The van der Waals surface area contributed by atoms with Gasteiger partial charge < -0.3 is 13.9 Å². The maximum Gasteiger partial charge on any atom is 0.501 e. The summed E-state index contributed by atoms with van der Waals surface area (Å²) in [6.07, 6.45) is 9.27. The summed E-state index contributed by atoms with van der Waals surface area (Å²) in [5.74, 6) is -0.361. The zero-order valence-electron chi connectivity index (χ0n) is 17.1. The Labute approximate surface area is 174 Å². The number of carbonyl (C=O) groups is 3. The summed E-state index contributed by atoms with van der Waals surface area (Å²) >= 11 is 0. The smallest absolute Gasteiger partial charge is 0.493 e. The molecule has 3 amide bonds. The molecule has 1 saturated carbocycles. The van der Waals surface area contributed by atoms with Crippen LogP contribution in [0.4, 0.5) is 4.79 Å². The SMILES string of the molecule is COC1=CC2=[N+](CC(=O)c3ccco3)C(=O)N(C3CCCCC3)C(=O)C2C=C1OC. The lowest BCUT2D eigenvalue weighted by Crippen LogP contribution is -2.59. The predicted molar refractivity (Wildman–Crippen MR) is 106 cm³/mol. The van der Waals surface area contributed by atoms with Gasteiger partial charge in [-0.25, -0.2) is 4.79 Å². The third-order valence-electron chi connectivity index (χ3n) is 5.89. The van der Waals surface area contributed by atoms with Crippen molar-refractivity contribution in [2.45, 2.75) is 38.1 Å². The highest BCUT2D eigenvalue weighted by Crippen LogP contribution is 2.31. The van der Waals surface area contributed by atoms with Crippen LogP contribution in [-0.2, 0) is 14.3 Å². The molecule has 0 saturated heterocycles. The minimum atomic E-state index is -0.720. The molecule has 0 spiro atoms. The van der Waals surface area contributed by atoms with Crippen molar-refractivity contribution in [2.24, 2.45) is 5.92 Å². The highest BCUT2D eigenvalue weighted by atomic mass is 16.5. The highest BCUT2D eigenvalue weighted by Gasteiger charge is 2.52. The van der Waals surface area contributed by atoms with Gasteiger partial charge in [0.2, 0.25) is 5.78 Å². The van der Waals surface area contributed by atoms with Gasteiger partial charge in [0.05, 0.1) is 20.5 Å². The van der Waals surface area contributed by atoms with E-state index in [1.165, 1.54) is 30.0 Å². The molecule has 0 aromatic carbocycles. The summed E-state index contributed by atoms with van der Waals surface area (Å²) in [5, 5.41) is 0. The fourth-order valence-electron chi connectivity index (χ4n) is 4.36. The van der Waals surface area contributed by atoms with Crippen LogP contribution in [0.25, 0.3) is 0 Å². The van der Waals surface area contributed by atoms with E-state index in [0.29, 0.717) is 17.2 Å². The van der Waals surface area contributed by atoms with Crippen molar-refractivity contribution < 1.29 is 32.9 Å². The normalized spacial score (nSPS) is 22.5. The molecule has 1 aliphatic heterocycles. The van der Waals surface area contributed by atoms with Crippen LogP contribution in [0.15, 0.2) is 46.5 Å². The van der Waals surface area contributed by atoms with Gasteiger partial charge in [-0.15, -0.1) is 0 Å². The van der Waals surface area contributed by atoms with Crippen molar-refractivity contribution >= 4 is 23.4 Å². The van der Waals surface area contributed by atoms with E-state index >= 15 is 0 Å². The van der Waals surface area contributed by atoms with Gasteiger partial charge in [-0.2, -0.15) is 14.3 Å². The summed E-state index contributed by atoms with van der Waals surface area (Å²) in [7, 11) is 2.98. The average Bonchev–Trinajstić information content (AvgIpc) is 3.31. The summed E-state index contributed by atoms with van der Waals surface area (Å²) in [6, 6.07) is 2.55. The molecule has 30 heavy (non-hydrogen) atoms. The number of ether oxygens (including phenoxy) is 2. The Hall–Kier alpha value is -3.16. The number of urea groups is 1. The second-order valence-corrected chi connectivity index (χ2v) is 7.62. The van der Waals surface area contributed by atoms with Gasteiger partial charge in [0, 0.05) is 6.08 Å². The monoisotopic (exact) mass is 413 g/mol. The average molecular weight is 413 g/mol. The van der Waals surface area contributed by atoms with Crippen LogP contribution < -0.4 is 0 Å². The molecule has 1 aromatic heterocycles. The number of Topliss-reactive ketones (excluding diaryl/α,β-unsaturated/α-hetero) is 1. The number of nitrogens with zero attached hydrogens (tertiary/aromatic N) is 2. The number of hydrogen-bond donors (Lipinski definition) is 0. The van der Waals surface area contributed by atoms with Crippen LogP contribution in [0, 0.1) is 5.92 Å². The number of methoxy groups -OCH3 is 2. The van der Waals surface area contributed by atoms with Gasteiger partial charge in [0.15, 0.2) is 23.8 Å². The number of ketones is 1. The molecule has 0 radical (unpaired) electrons. The number of rotatable bonds is 6. The third-order valence-corrected chi connectivity index (χ3v) is 5.89. The molecule has 1 atom stereocenters. The first kappa shape index (κ1) is 20.1. The maximum absolute atomic E-state index is 13.4. The highest BCUT2D eigenvalue weighted by molar-refractivity contribution is 6.17. The number of allylic oxidation sites excluding steroid dienone is 1. The van der Waals surface area contributed by atoms with E-state index in [0.717, 1.165) is 32.1 Å². The Kier molecular flexibility index (Phi) is 5.57. The van der Waals surface area contributed by atoms with Crippen molar-refractivity contribution in [1.29, 1.82) is 0 Å². The van der Waals surface area contributed by atoms with E-state index in [2.05, 4.69) is 0 Å². The van der Waals surface area contributed by atoms with E-state index in [1.54, 1.807) is 24.3 Å². The van der Waals surface area contributed by atoms with Gasteiger partial charge in [-0.05, 0) is 43.9 Å². The van der Waals surface area contributed by atoms with Crippen molar-refractivity contribution in [3.8, 4) is 0 Å². The van der Waals surface area contributed by atoms with Crippen LogP contribution in [0.3, 0.4) is 0 Å². The quantitative estimate of drug-likeness (QED) is 0.526. The second-order valence-electron chi connectivity index (χ2n) is 7.62. The summed E-state index contributed by atoms with van der Waals surface area (Å²) < 4.78 is 17.3. The van der Waals surface area contributed by atoms with Gasteiger partial charge >= 0.3 is 11.9 Å². The molecule has 0 N–H and O–H groups in total. The van der Waals surface area contributed by atoms with E-state index in [-0.39, 0.29) is 30.0 Å². The lowest BCUT2D eigenvalue weighted by molar-refractivity contribution is -0.427. The molecule has 1 fully saturated rings. The van der Waals surface area contributed by atoms with Gasteiger partial charge in [-0.3, -0.25) is 4.79 Å². The van der Waals surface area contributed by atoms with Gasteiger partial charge in [0.25, 0.3) is 0 Å². The maximum atomic E-state index is 13.4. The Morgan fingerprint density at radius 1 is 1.17 bits per heavy atom. The Morgan fingerprint density at radius 2 is 1.90 bits per heavy atom. The molecular formula is C22H25N2O6+. The minimum Gasteiger partial charge on any atom is -0.493 e. The first-order valence-electron chi connectivity index (χ1n) is 10.1. The summed E-state index contributed by atoms with van der Waals surface area (Å²) in [5.41, 5.74) is 0.412. The van der Waals surface area contributed by atoms with Crippen molar-refractivity contribution in [2.75, 3.05) is 20.8 Å². The van der Waals surface area contributed by atoms with E-state index in [4.69, 9.17) is 13.9 Å². The number of carbonyl (C=O) groups excluding carboxylic acids is 3. The number of amides is 3. The first-order valence-corrected chi connectivity index (χ1v) is 10.1. The molecular weight excluding hydrogens is 388 g/mol. The summed E-state index contributed by atoms with van der Waals surface area (Å²) in [6.45, 7) is -0.224. The number of imide groups is 1. The Morgan fingerprint density at radius 3 is 2.53 bits per heavy atom. The number of fused-ring (bicyclic) bond motifs is 1. The van der Waals surface area contributed by atoms with Crippen molar-refractivity contribution in [1.82, 2.24) is 4.90 Å². The predicted octanol–water partition coefficient (Wildman–Crippen LogP) is 2.90. The lowest BCUT2D eigenvalue weighted by atomic mass is 9.89. The van der Waals surface area contributed by atoms with Crippen molar-refractivity contribution in [3.63, 3.8) is 0 Å². The second kappa shape index (κ2) is 8.30. The fraction of sp³-hybridized carbons (Fsp3) is 0.455. The van der Waals surface area contributed by atoms with Crippen LogP contribution >= 0.6 is 0 Å². The fourth-order valence-corrected chi connectivity index (χ4v) is 4.36. The largest absolute Gasteiger partial charge is 0.501 e. The molecule has 2 heterocycles. The topological polar surface area (TPSA) is 89.1 Å². The zero-order chi connectivity index (χ0) is 21.3. The standard InChI is InChI=1S/C22H25N2O6/c1-28-19-11-15-16(12-20(19)29-2)23(13-17(25)18-9-6-10-30-18)22(27)24(21(15)26)14-7-4-3-5-8-14/h6,9-12,14-15H,3-5,7-8,13H2,1-2H3/q+1. The Bertz CT molecular complexity index is 950. The van der Waals surface area contributed by atoms with Crippen LogP contribution in [0.2, 0.25) is 0 Å². The molecule has 4 rings (SSSR count). The first-order chi connectivity index (χ1) is 14.5. The molecule has 8 nitrogen and oxygen atoms in total. The number of hydrogen-bond acceptors (Lipinski definition) is 6. The molecule has 1 aromatic rings. The Balaban J connectivity index is 1.78. The van der Waals surface area contributed by atoms with Crippen LogP contribution in [0.5, 0.6) is 0 Å². The lowest BCUT2D eigenvalue weighted by Gasteiger charge is -2.33. The van der Waals surface area contributed by atoms with Gasteiger partial charge in [-0.1, -0.05) is 6.42 Å². The zero-order valence-corrected chi connectivity index (χ0v) is 17.1. The molecule has 0 bridgehead atoms. The van der Waals surface area contributed by atoms with Gasteiger partial charge in [0.1, 0.15) is 17.7 Å². The van der Waals surface area contributed by atoms with E-state index in [1.807, 2.05) is 0 Å². The minimum absolute atomic E-state index is 0.159. The van der Waals surface area contributed by atoms with Crippen LogP contribution in [0.1, 0.15) is 42.7 Å². The van der Waals surface area contributed by atoms with E-state index in [9.17, 15) is 14.4 Å². The molecule has 8 heteroatoms. The summed E-state index contributed by atoms with van der Waals surface area (Å²) in [4.78, 5) is 40.9. The molecule has 1 unspecified atom stereocenters.